The summed E-state index contributed by atoms with van der Waals surface area (Å²) in [4.78, 5) is 0. The van der Waals surface area contributed by atoms with Gasteiger partial charge in [0.1, 0.15) is 0 Å². The van der Waals surface area contributed by atoms with Gasteiger partial charge >= 0.3 is 0 Å². The van der Waals surface area contributed by atoms with Crippen LogP contribution < -0.4 is 0 Å². The van der Waals surface area contributed by atoms with E-state index in [1.165, 1.54) is 38.5 Å². The van der Waals surface area contributed by atoms with Crippen molar-refractivity contribution in [1.29, 1.82) is 0 Å². The van der Waals surface area contributed by atoms with Crippen molar-refractivity contribution in [2.75, 3.05) is 0 Å². The van der Waals surface area contributed by atoms with Crippen LogP contribution in [0.4, 0.5) is 0 Å². The van der Waals surface area contributed by atoms with Gasteiger partial charge in [0, 0.05) is 0 Å². The van der Waals surface area contributed by atoms with Crippen molar-refractivity contribution in [3.63, 3.8) is 0 Å². The van der Waals surface area contributed by atoms with Gasteiger partial charge < -0.3 is 5.11 Å². The lowest BCUT2D eigenvalue weighted by atomic mass is 9.67. The predicted molar refractivity (Wildman–Crippen MR) is 77.3 cm³/mol. The minimum absolute atomic E-state index is 0.0186. The zero-order valence-corrected chi connectivity index (χ0v) is 12.7. The van der Waals surface area contributed by atoms with Crippen LogP contribution in [-0.4, -0.2) is 11.2 Å². The molecule has 2 aliphatic carbocycles. The summed E-state index contributed by atoms with van der Waals surface area (Å²) in [7, 11) is 0. The standard InChI is InChI=1S/C17H32O/c1-11-5-7-15(9-13(11)3)17(18)16-8-6-12(2)14(4)10-16/h11-18H,5-10H2,1-4H3. The fourth-order valence-electron chi connectivity index (χ4n) is 4.18. The quantitative estimate of drug-likeness (QED) is 0.767. The molecule has 0 saturated heterocycles. The first kappa shape index (κ1) is 14.4. The normalized spacial score (nSPS) is 47.8. The molecule has 0 aromatic heterocycles. The molecule has 0 amide bonds. The Morgan fingerprint density at radius 3 is 1.39 bits per heavy atom. The lowest BCUT2D eigenvalue weighted by Crippen LogP contribution is -2.37. The first-order chi connectivity index (χ1) is 8.49. The largest absolute Gasteiger partial charge is 0.393 e. The molecule has 0 bridgehead atoms. The van der Waals surface area contributed by atoms with E-state index in [1.54, 1.807) is 0 Å². The fourth-order valence-corrected chi connectivity index (χ4v) is 4.18. The second-order valence-corrected chi connectivity index (χ2v) is 7.55. The van der Waals surface area contributed by atoms with E-state index in [-0.39, 0.29) is 6.10 Å². The van der Waals surface area contributed by atoms with Gasteiger partial charge in [0.15, 0.2) is 0 Å². The highest BCUT2D eigenvalue weighted by Gasteiger charge is 2.36. The Bertz CT molecular complexity index is 236. The zero-order valence-electron chi connectivity index (χ0n) is 12.7. The molecule has 0 aromatic carbocycles. The summed E-state index contributed by atoms with van der Waals surface area (Å²) in [6.07, 6.45) is 7.64. The summed E-state index contributed by atoms with van der Waals surface area (Å²) in [6, 6.07) is 0. The summed E-state index contributed by atoms with van der Waals surface area (Å²) >= 11 is 0. The molecule has 2 rings (SSSR count). The van der Waals surface area contributed by atoms with Crippen molar-refractivity contribution in [1.82, 2.24) is 0 Å². The molecule has 2 saturated carbocycles. The maximum atomic E-state index is 10.7. The number of hydrogen-bond acceptors (Lipinski definition) is 1. The van der Waals surface area contributed by atoms with Crippen LogP contribution in [0.3, 0.4) is 0 Å². The van der Waals surface area contributed by atoms with Crippen LogP contribution in [0.15, 0.2) is 0 Å². The van der Waals surface area contributed by atoms with Crippen LogP contribution in [0.5, 0.6) is 0 Å². The molecule has 0 spiro atoms. The van der Waals surface area contributed by atoms with Crippen molar-refractivity contribution in [3.8, 4) is 0 Å². The topological polar surface area (TPSA) is 20.2 Å². The maximum Gasteiger partial charge on any atom is 0.0596 e. The van der Waals surface area contributed by atoms with Gasteiger partial charge in [-0.15, -0.1) is 0 Å². The molecule has 106 valence electrons. The molecular weight excluding hydrogens is 220 g/mol. The molecule has 2 fully saturated rings. The van der Waals surface area contributed by atoms with Crippen LogP contribution in [-0.2, 0) is 0 Å². The van der Waals surface area contributed by atoms with E-state index >= 15 is 0 Å². The monoisotopic (exact) mass is 252 g/mol. The molecular formula is C17H32O. The Hall–Kier alpha value is -0.0400. The highest BCUT2D eigenvalue weighted by Crippen LogP contribution is 2.41. The van der Waals surface area contributed by atoms with E-state index in [1.807, 2.05) is 0 Å². The van der Waals surface area contributed by atoms with Crippen LogP contribution in [0.25, 0.3) is 0 Å². The van der Waals surface area contributed by atoms with Crippen LogP contribution >= 0.6 is 0 Å². The Morgan fingerprint density at radius 1 is 0.667 bits per heavy atom. The van der Waals surface area contributed by atoms with Crippen LogP contribution in [0.2, 0.25) is 0 Å². The van der Waals surface area contributed by atoms with Gasteiger partial charge in [-0.2, -0.15) is 0 Å². The number of hydrogen-bond donors (Lipinski definition) is 1. The predicted octanol–water partition coefficient (Wildman–Crippen LogP) is 4.49. The van der Waals surface area contributed by atoms with E-state index in [0.717, 1.165) is 23.7 Å². The van der Waals surface area contributed by atoms with E-state index in [4.69, 9.17) is 0 Å². The minimum Gasteiger partial charge on any atom is -0.393 e. The Morgan fingerprint density at radius 2 is 1.06 bits per heavy atom. The first-order valence-electron chi connectivity index (χ1n) is 8.17. The lowest BCUT2D eigenvalue weighted by molar-refractivity contribution is -0.0117. The molecule has 2 aliphatic rings. The summed E-state index contributed by atoms with van der Waals surface area (Å²) < 4.78 is 0. The molecule has 1 heteroatoms. The van der Waals surface area contributed by atoms with E-state index in [9.17, 15) is 5.11 Å². The van der Waals surface area contributed by atoms with Crippen molar-refractivity contribution >= 4 is 0 Å². The number of rotatable bonds is 2. The Kier molecular flexibility index (Phi) is 4.75. The average molecular weight is 252 g/mol. The van der Waals surface area contributed by atoms with E-state index < -0.39 is 0 Å². The van der Waals surface area contributed by atoms with Crippen LogP contribution in [0, 0.1) is 35.5 Å². The third kappa shape index (κ3) is 3.10. The third-order valence-electron chi connectivity index (χ3n) is 6.24. The fraction of sp³-hybridized carbons (Fsp3) is 1.00. The van der Waals surface area contributed by atoms with Gasteiger partial charge in [0.25, 0.3) is 0 Å². The van der Waals surface area contributed by atoms with Crippen molar-refractivity contribution in [2.24, 2.45) is 35.5 Å². The summed E-state index contributed by atoms with van der Waals surface area (Å²) in [6.45, 7) is 9.49. The SMILES string of the molecule is CC1CCC(C(O)C2CCC(C)C(C)C2)CC1C. The van der Waals surface area contributed by atoms with Gasteiger partial charge in [0.2, 0.25) is 0 Å². The third-order valence-corrected chi connectivity index (χ3v) is 6.24. The number of aliphatic hydroxyl groups is 1. The maximum absolute atomic E-state index is 10.7. The minimum atomic E-state index is -0.0186. The van der Waals surface area contributed by atoms with Crippen molar-refractivity contribution in [2.45, 2.75) is 72.3 Å². The van der Waals surface area contributed by atoms with E-state index in [0.29, 0.717) is 11.8 Å². The number of aliphatic hydroxyl groups excluding tert-OH is 1. The molecule has 1 N–H and O–H groups in total. The van der Waals surface area contributed by atoms with Gasteiger partial charge in [-0.3, -0.25) is 0 Å². The molecule has 0 aromatic rings. The summed E-state index contributed by atoms with van der Waals surface area (Å²) in [5.41, 5.74) is 0. The lowest BCUT2D eigenvalue weighted by Gasteiger charge is -2.41. The zero-order chi connectivity index (χ0) is 13.3. The Balaban J connectivity index is 1.89. The molecule has 0 radical (unpaired) electrons. The molecule has 6 unspecified atom stereocenters. The van der Waals surface area contributed by atoms with Gasteiger partial charge in [0.05, 0.1) is 6.10 Å². The highest BCUT2D eigenvalue weighted by molar-refractivity contribution is 4.86. The van der Waals surface area contributed by atoms with Gasteiger partial charge in [-0.05, 0) is 61.2 Å². The Labute approximate surface area is 113 Å². The van der Waals surface area contributed by atoms with Crippen molar-refractivity contribution < 1.29 is 5.11 Å². The highest BCUT2D eigenvalue weighted by atomic mass is 16.3. The van der Waals surface area contributed by atoms with Crippen LogP contribution in [0.1, 0.15) is 66.2 Å². The average Bonchev–Trinajstić information content (AvgIpc) is 2.35. The second-order valence-electron chi connectivity index (χ2n) is 7.55. The van der Waals surface area contributed by atoms with E-state index in [2.05, 4.69) is 27.7 Å². The molecule has 18 heavy (non-hydrogen) atoms. The second kappa shape index (κ2) is 5.94. The molecule has 0 heterocycles. The molecule has 1 nitrogen and oxygen atoms in total. The molecule has 0 aliphatic heterocycles. The van der Waals surface area contributed by atoms with Gasteiger partial charge in [-0.1, -0.05) is 40.5 Å². The summed E-state index contributed by atoms with van der Waals surface area (Å²) in [5.74, 6) is 4.50. The van der Waals surface area contributed by atoms with Crippen molar-refractivity contribution in [3.05, 3.63) is 0 Å². The summed E-state index contributed by atoms with van der Waals surface area (Å²) in [5, 5.41) is 10.7. The first-order valence-corrected chi connectivity index (χ1v) is 8.17. The smallest absolute Gasteiger partial charge is 0.0596 e. The van der Waals surface area contributed by atoms with Gasteiger partial charge in [-0.25, -0.2) is 0 Å². The molecule has 6 atom stereocenters.